The van der Waals surface area contributed by atoms with Crippen molar-refractivity contribution in [2.24, 2.45) is 0 Å². The third kappa shape index (κ3) is 5.23. The van der Waals surface area contributed by atoms with Gasteiger partial charge in [-0.3, -0.25) is 0 Å². The van der Waals surface area contributed by atoms with Gasteiger partial charge in [0.2, 0.25) is 5.95 Å². The lowest BCUT2D eigenvalue weighted by atomic mass is 10.1. The van der Waals surface area contributed by atoms with E-state index in [4.69, 9.17) is 23.8 Å². The maximum absolute atomic E-state index is 13.4. The normalized spacial score (nSPS) is 13.1. The number of hydrogen-bond acceptors (Lipinski definition) is 4. The van der Waals surface area contributed by atoms with Crippen molar-refractivity contribution in [2.75, 3.05) is 10.2 Å². The zero-order chi connectivity index (χ0) is 22.0. The topological polar surface area (TPSA) is 53.1 Å². The van der Waals surface area contributed by atoms with Gasteiger partial charge in [-0.15, -0.1) is 0 Å². The minimum atomic E-state index is -4.61. The monoisotopic (exact) mass is 463 g/mol. The molecule has 1 aliphatic heterocycles. The van der Waals surface area contributed by atoms with Gasteiger partial charge in [0.1, 0.15) is 5.82 Å². The van der Waals surface area contributed by atoms with Crippen LogP contribution in [0.2, 0.25) is 5.02 Å². The molecule has 0 bridgehead atoms. The first kappa shape index (κ1) is 21.3. The van der Waals surface area contributed by atoms with Crippen LogP contribution in [-0.4, -0.2) is 15.1 Å². The Morgan fingerprint density at radius 2 is 1.68 bits per heavy atom. The highest BCUT2D eigenvalue weighted by molar-refractivity contribution is 7.80. The molecule has 10 heteroatoms. The lowest BCUT2D eigenvalue weighted by Gasteiger charge is -2.19. The number of hydrogen-bond donors (Lipinski definition) is 2. The molecule has 1 aliphatic rings. The maximum atomic E-state index is 13.4. The summed E-state index contributed by atoms with van der Waals surface area (Å²) < 4.78 is 40.3. The Kier molecular flexibility index (Phi) is 5.97. The molecule has 0 radical (unpaired) electrons. The van der Waals surface area contributed by atoms with Crippen LogP contribution in [0.1, 0.15) is 22.4 Å². The summed E-state index contributed by atoms with van der Waals surface area (Å²) in [6.07, 6.45) is -4.61. The molecule has 3 aromatic rings. The van der Waals surface area contributed by atoms with Crippen molar-refractivity contribution in [2.45, 2.75) is 25.8 Å². The van der Waals surface area contributed by atoms with E-state index < -0.39 is 11.9 Å². The summed E-state index contributed by atoms with van der Waals surface area (Å²) in [5, 5.41) is 6.32. The van der Waals surface area contributed by atoms with Crippen LogP contribution in [0.15, 0.2) is 54.6 Å². The molecule has 0 spiro atoms. The van der Waals surface area contributed by atoms with Gasteiger partial charge >= 0.3 is 6.18 Å². The SMILES string of the molecule is FC(F)(F)c1cc(N2Cc3ccccc3C2)nc(NC(=S)NCc2ccc(Cl)cc2)n1. The van der Waals surface area contributed by atoms with Crippen LogP contribution in [-0.2, 0) is 25.8 Å². The highest BCUT2D eigenvalue weighted by atomic mass is 35.5. The largest absolute Gasteiger partial charge is 0.433 e. The number of anilines is 2. The molecule has 0 unspecified atom stereocenters. The summed E-state index contributed by atoms with van der Waals surface area (Å²) in [6, 6.07) is 15.8. The predicted molar refractivity (Wildman–Crippen MR) is 118 cm³/mol. The standard InChI is InChI=1S/C21H17ClF3N5S/c22-16-7-5-13(6-8-16)10-26-20(31)29-19-27-17(21(23,24)25)9-18(28-19)30-11-14-3-1-2-4-15(14)12-30/h1-9H,10-12H2,(H2,26,27,28,29,31). The predicted octanol–water partition coefficient (Wildman–Crippen LogP) is 5.16. The fraction of sp³-hybridized carbons (Fsp3) is 0.190. The van der Waals surface area contributed by atoms with E-state index >= 15 is 0 Å². The number of thiocarbonyl (C=S) groups is 1. The lowest BCUT2D eigenvalue weighted by Crippen LogP contribution is -2.29. The third-order valence-corrected chi connectivity index (χ3v) is 5.26. The second kappa shape index (κ2) is 8.68. The molecule has 0 fully saturated rings. The van der Waals surface area contributed by atoms with E-state index in [1.807, 2.05) is 36.4 Å². The number of alkyl halides is 3. The third-order valence-electron chi connectivity index (χ3n) is 4.76. The van der Waals surface area contributed by atoms with Crippen LogP contribution in [0.3, 0.4) is 0 Å². The fourth-order valence-corrected chi connectivity index (χ4v) is 3.51. The summed E-state index contributed by atoms with van der Waals surface area (Å²) in [5.74, 6) is -0.0316. The van der Waals surface area contributed by atoms with Crippen molar-refractivity contribution in [3.63, 3.8) is 0 Å². The van der Waals surface area contributed by atoms with Gasteiger partial charge in [-0.2, -0.15) is 18.2 Å². The Hall–Kier alpha value is -2.91. The first-order valence-corrected chi connectivity index (χ1v) is 10.1. The van der Waals surface area contributed by atoms with Gasteiger partial charge in [0, 0.05) is 30.7 Å². The number of rotatable bonds is 4. The van der Waals surface area contributed by atoms with Gasteiger partial charge in [-0.05, 0) is 41.0 Å². The maximum Gasteiger partial charge on any atom is 0.433 e. The van der Waals surface area contributed by atoms with Crippen LogP contribution in [0.25, 0.3) is 0 Å². The second-order valence-electron chi connectivity index (χ2n) is 6.99. The molecule has 1 aromatic heterocycles. The molecule has 2 heterocycles. The Morgan fingerprint density at radius 3 is 2.29 bits per heavy atom. The van der Waals surface area contributed by atoms with E-state index in [9.17, 15) is 13.2 Å². The molecule has 160 valence electrons. The summed E-state index contributed by atoms with van der Waals surface area (Å²) in [7, 11) is 0. The Balaban J connectivity index is 1.51. The Labute approximate surface area is 187 Å². The minimum Gasteiger partial charge on any atom is -0.358 e. The molecule has 0 aliphatic carbocycles. The molecule has 31 heavy (non-hydrogen) atoms. The van der Waals surface area contributed by atoms with Crippen LogP contribution in [0.4, 0.5) is 24.9 Å². The number of nitrogens with zero attached hydrogens (tertiary/aromatic N) is 3. The van der Waals surface area contributed by atoms with E-state index in [0.717, 1.165) is 22.8 Å². The van der Waals surface area contributed by atoms with E-state index in [2.05, 4.69) is 20.6 Å². The number of fused-ring (bicyclic) bond motifs is 1. The number of aromatic nitrogens is 2. The van der Waals surface area contributed by atoms with Crippen molar-refractivity contribution in [1.29, 1.82) is 0 Å². The van der Waals surface area contributed by atoms with Crippen molar-refractivity contribution in [1.82, 2.24) is 15.3 Å². The average molecular weight is 464 g/mol. The van der Waals surface area contributed by atoms with E-state index in [1.54, 1.807) is 17.0 Å². The zero-order valence-corrected chi connectivity index (χ0v) is 17.7. The van der Waals surface area contributed by atoms with Crippen molar-refractivity contribution in [3.05, 3.63) is 82.0 Å². The quantitative estimate of drug-likeness (QED) is 0.521. The van der Waals surface area contributed by atoms with Gasteiger partial charge in [0.05, 0.1) is 0 Å². The van der Waals surface area contributed by atoms with Gasteiger partial charge in [0.25, 0.3) is 0 Å². The highest BCUT2D eigenvalue weighted by Crippen LogP contribution is 2.33. The summed E-state index contributed by atoms with van der Waals surface area (Å²) in [5.41, 5.74) is 2.00. The zero-order valence-electron chi connectivity index (χ0n) is 16.1. The van der Waals surface area contributed by atoms with Crippen LogP contribution in [0, 0.1) is 0 Å². The Bertz CT molecular complexity index is 1080. The van der Waals surface area contributed by atoms with Crippen LogP contribution in [0.5, 0.6) is 0 Å². The first-order valence-electron chi connectivity index (χ1n) is 9.35. The minimum absolute atomic E-state index is 0.116. The van der Waals surface area contributed by atoms with Crippen molar-refractivity contribution < 1.29 is 13.2 Å². The second-order valence-corrected chi connectivity index (χ2v) is 7.84. The lowest BCUT2D eigenvalue weighted by molar-refractivity contribution is -0.141. The van der Waals surface area contributed by atoms with Crippen LogP contribution >= 0.6 is 23.8 Å². The Morgan fingerprint density at radius 1 is 1.03 bits per heavy atom. The summed E-state index contributed by atoms with van der Waals surface area (Å²) >= 11 is 11.1. The molecule has 0 atom stereocenters. The molecular weight excluding hydrogens is 447 g/mol. The van der Waals surface area contributed by atoms with Crippen LogP contribution < -0.4 is 15.5 Å². The number of nitrogens with one attached hydrogen (secondary N) is 2. The number of benzene rings is 2. The molecule has 0 amide bonds. The van der Waals surface area contributed by atoms with E-state index in [-0.39, 0.29) is 16.9 Å². The molecule has 2 N–H and O–H groups in total. The van der Waals surface area contributed by atoms with E-state index in [1.165, 1.54) is 0 Å². The molecule has 2 aromatic carbocycles. The first-order chi connectivity index (χ1) is 14.8. The van der Waals surface area contributed by atoms with Gasteiger partial charge < -0.3 is 15.5 Å². The van der Waals surface area contributed by atoms with Gasteiger partial charge in [0.15, 0.2) is 10.8 Å². The van der Waals surface area contributed by atoms with Gasteiger partial charge in [-0.1, -0.05) is 48.0 Å². The summed E-state index contributed by atoms with van der Waals surface area (Å²) in [6.45, 7) is 1.32. The molecule has 0 saturated carbocycles. The van der Waals surface area contributed by atoms with Crippen molar-refractivity contribution >= 4 is 40.7 Å². The fourth-order valence-electron chi connectivity index (χ4n) is 3.22. The average Bonchev–Trinajstić information content (AvgIpc) is 3.17. The molecular formula is C21H17ClF3N5S. The summed E-state index contributed by atoms with van der Waals surface area (Å²) in [4.78, 5) is 9.66. The smallest absolute Gasteiger partial charge is 0.358 e. The molecule has 5 nitrogen and oxygen atoms in total. The van der Waals surface area contributed by atoms with E-state index in [0.29, 0.717) is 24.7 Å². The molecule has 4 rings (SSSR count). The highest BCUT2D eigenvalue weighted by Gasteiger charge is 2.35. The number of halogens is 4. The molecule has 0 saturated heterocycles. The van der Waals surface area contributed by atoms with Crippen molar-refractivity contribution in [3.8, 4) is 0 Å². The van der Waals surface area contributed by atoms with Gasteiger partial charge in [-0.25, -0.2) is 4.98 Å².